The fourth-order valence-electron chi connectivity index (χ4n) is 12.0. The van der Waals surface area contributed by atoms with Gasteiger partial charge in [0.2, 0.25) is 0 Å². The molecule has 1 heterocycles. The van der Waals surface area contributed by atoms with Gasteiger partial charge in [-0.05, 0) is 167 Å². The lowest BCUT2D eigenvalue weighted by molar-refractivity contribution is 0.651. The highest BCUT2D eigenvalue weighted by Gasteiger charge is 2.37. The van der Waals surface area contributed by atoms with Crippen LogP contribution in [0.4, 0.5) is 22.7 Å². The minimum Gasteiger partial charge on any atom is -0.456 e. The smallest absolute Gasteiger partial charge is 0.137 e. The topological polar surface area (TPSA) is 37.2 Å². The predicted octanol–water partition coefficient (Wildman–Crippen LogP) is 19.6. The van der Waals surface area contributed by atoms with E-state index in [2.05, 4.69) is 255 Å². The van der Waals surface area contributed by atoms with E-state index in [0.717, 1.165) is 52.1 Å². The van der Waals surface area contributed by atoms with Gasteiger partial charge in [0.15, 0.2) is 0 Å². The quantitative estimate of drug-likeness (QED) is 0.159. The minimum atomic E-state index is 0.00795. The molecule has 0 aliphatic heterocycles. The largest absolute Gasteiger partial charge is 0.456 e. The lowest BCUT2D eigenvalue weighted by Crippen LogP contribution is -2.16. The van der Waals surface area contributed by atoms with Crippen molar-refractivity contribution in [2.24, 2.45) is 0 Å². The summed E-state index contributed by atoms with van der Waals surface area (Å²) in [5.74, 6) is 0. The fraction of sp³-hybridized carbons (Fsp3) is 0.0725. The van der Waals surface area contributed by atoms with Crippen molar-refractivity contribution in [1.29, 1.82) is 0 Å². The molecule has 0 unspecified atom stereocenters. The molecule has 0 bridgehead atoms. The molecule has 2 aliphatic carbocycles. The second-order valence-corrected chi connectivity index (χ2v) is 20.1. The van der Waals surface area contributed by atoms with Crippen molar-refractivity contribution in [2.75, 3.05) is 10.6 Å². The third kappa shape index (κ3) is 6.87. The molecule has 2 N–H and O–H groups in total. The van der Waals surface area contributed by atoms with E-state index in [1.165, 1.54) is 104 Å². The van der Waals surface area contributed by atoms with E-state index in [4.69, 9.17) is 4.42 Å². The van der Waals surface area contributed by atoms with Crippen molar-refractivity contribution in [3.05, 3.63) is 247 Å². The number of anilines is 4. The van der Waals surface area contributed by atoms with Gasteiger partial charge >= 0.3 is 0 Å². The van der Waals surface area contributed by atoms with Gasteiger partial charge in [-0.2, -0.15) is 0 Å². The van der Waals surface area contributed by atoms with E-state index in [1.807, 2.05) is 0 Å². The SMILES string of the molecule is CC1(C)C2=C(CCC=C2)c2ccc(Nc3ccc(-c4ccccc4-c4cccc5c(-c6ccc(-c7ccc(Nc8ccc9c(c8)oc8ccc%10ccccc%10c89)cc7)c7ccccc67)cccc45)cc3)cc21. The first kappa shape index (κ1) is 42.0. The minimum absolute atomic E-state index is 0.00795. The Kier molecular flexibility index (Phi) is 9.69. The highest BCUT2D eigenvalue weighted by Crippen LogP contribution is 2.51. The lowest BCUT2D eigenvalue weighted by Gasteiger charge is -2.24. The number of hydrogen-bond acceptors (Lipinski definition) is 3. The second kappa shape index (κ2) is 16.6. The highest BCUT2D eigenvalue weighted by atomic mass is 16.3. The Labute approximate surface area is 419 Å². The summed E-state index contributed by atoms with van der Waals surface area (Å²) >= 11 is 0. The summed E-state index contributed by atoms with van der Waals surface area (Å²) in [4.78, 5) is 0. The van der Waals surface area contributed by atoms with Crippen LogP contribution in [0, 0.1) is 0 Å². The van der Waals surface area contributed by atoms with Crippen LogP contribution in [0.25, 0.3) is 104 Å². The summed E-state index contributed by atoms with van der Waals surface area (Å²) in [6.07, 6.45) is 6.94. The molecule has 1 aromatic heterocycles. The standard InChI is InChI=1S/C69H50N2O/c1-69(2)64-24-10-9-19-61(64)62-36-34-48(41-65(62)69)70-46-30-25-44(26-31-46)50-14-5-6-16-53(50)56-20-11-22-58-57(56)21-12-23-59(58)60-39-38-51(54-17-7-8-18-55(54)60)45-27-32-47(33-28-45)71-49-35-37-63-67(42-49)72-66-40-29-43-13-3-4-15-52(43)68(63)66/h3-8,10-18,20-42,70-71H,9,19H2,1-2H3. The molecule has 12 aromatic rings. The molecule has 11 aromatic carbocycles. The van der Waals surface area contributed by atoms with Gasteiger partial charge in [-0.1, -0.05) is 184 Å². The summed E-state index contributed by atoms with van der Waals surface area (Å²) in [5, 5.41) is 17.0. The fourth-order valence-corrected chi connectivity index (χ4v) is 12.0. The van der Waals surface area contributed by atoms with E-state index in [0.29, 0.717) is 0 Å². The predicted molar refractivity (Wildman–Crippen MR) is 306 cm³/mol. The number of furan rings is 1. The summed E-state index contributed by atoms with van der Waals surface area (Å²) in [6, 6.07) is 79.6. The van der Waals surface area contributed by atoms with Crippen LogP contribution in [-0.2, 0) is 5.41 Å². The molecule has 0 amide bonds. The summed E-state index contributed by atoms with van der Waals surface area (Å²) < 4.78 is 6.36. The van der Waals surface area contributed by atoms with Gasteiger partial charge in [-0.25, -0.2) is 0 Å². The van der Waals surface area contributed by atoms with E-state index < -0.39 is 0 Å². The van der Waals surface area contributed by atoms with Gasteiger partial charge in [-0.15, -0.1) is 0 Å². The molecule has 0 fully saturated rings. The molecule has 0 atom stereocenters. The Morgan fingerprint density at radius 1 is 0.389 bits per heavy atom. The molecule has 14 rings (SSSR count). The van der Waals surface area contributed by atoms with E-state index in [1.54, 1.807) is 0 Å². The van der Waals surface area contributed by atoms with Gasteiger partial charge in [0.1, 0.15) is 11.2 Å². The average Bonchev–Trinajstić information content (AvgIpc) is 3.92. The highest BCUT2D eigenvalue weighted by molar-refractivity contribution is 6.19. The Morgan fingerprint density at radius 3 is 1.65 bits per heavy atom. The van der Waals surface area contributed by atoms with Crippen LogP contribution in [0.3, 0.4) is 0 Å². The second-order valence-electron chi connectivity index (χ2n) is 20.1. The molecular formula is C69H50N2O. The van der Waals surface area contributed by atoms with Crippen LogP contribution >= 0.6 is 0 Å². The van der Waals surface area contributed by atoms with E-state index in [9.17, 15) is 0 Å². The number of rotatable bonds is 8. The first-order valence-electron chi connectivity index (χ1n) is 25.2. The zero-order valence-electron chi connectivity index (χ0n) is 40.3. The molecular weight excluding hydrogens is 873 g/mol. The third-order valence-corrected chi connectivity index (χ3v) is 15.5. The molecule has 3 heteroatoms. The van der Waals surface area contributed by atoms with Gasteiger partial charge in [0, 0.05) is 45.0 Å². The normalized spacial score (nSPS) is 13.9. The number of fused-ring (bicyclic) bond motifs is 9. The van der Waals surface area contributed by atoms with Crippen LogP contribution in [0.1, 0.15) is 37.8 Å². The van der Waals surface area contributed by atoms with Crippen LogP contribution < -0.4 is 10.6 Å². The van der Waals surface area contributed by atoms with Gasteiger partial charge in [-0.3, -0.25) is 0 Å². The number of nitrogens with one attached hydrogen (secondary N) is 2. The van der Waals surface area contributed by atoms with Crippen molar-refractivity contribution in [3.8, 4) is 44.5 Å². The molecule has 0 radical (unpaired) electrons. The van der Waals surface area contributed by atoms with Crippen molar-refractivity contribution in [1.82, 2.24) is 0 Å². The number of benzene rings is 11. The maximum Gasteiger partial charge on any atom is 0.137 e. The average molecular weight is 923 g/mol. The van der Waals surface area contributed by atoms with Gasteiger partial charge in [0.25, 0.3) is 0 Å². The zero-order chi connectivity index (χ0) is 47.9. The molecule has 2 aliphatic rings. The zero-order valence-corrected chi connectivity index (χ0v) is 40.3. The third-order valence-electron chi connectivity index (χ3n) is 15.5. The Bertz CT molecular complexity index is 4220. The van der Waals surface area contributed by atoms with Crippen molar-refractivity contribution < 1.29 is 4.42 Å². The van der Waals surface area contributed by atoms with Crippen molar-refractivity contribution in [2.45, 2.75) is 32.1 Å². The number of hydrogen-bond donors (Lipinski definition) is 2. The summed E-state index contributed by atoms with van der Waals surface area (Å²) in [7, 11) is 0. The molecule has 0 spiro atoms. The monoisotopic (exact) mass is 922 g/mol. The summed E-state index contributed by atoms with van der Waals surface area (Å²) in [5.41, 5.74) is 21.5. The molecule has 0 saturated heterocycles. The van der Waals surface area contributed by atoms with E-state index >= 15 is 0 Å². The van der Waals surface area contributed by atoms with Gasteiger partial charge in [0.05, 0.1) is 0 Å². The maximum absolute atomic E-state index is 6.36. The lowest BCUT2D eigenvalue weighted by atomic mass is 9.80. The molecule has 342 valence electrons. The molecule has 0 saturated carbocycles. The van der Waals surface area contributed by atoms with Crippen molar-refractivity contribution >= 4 is 82.6 Å². The first-order valence-corrected chi connectivity index (χ1v) is 25.2. The Hall–Kier alpha value is -8.92. The molecule has 3 nitrogen and oxygen atoms in total. The van der Waals surface area contributed by atoms with Gasteiger partial charge < -0.3 is 15.1 Å². The van der Waals surface area contributed by atoms with Crippen LogP contribution in [-0.4, -0.2) is 0 Å². The van der Waals surface area contributed by atoms with E-state index in [-0.39, 0.29) is 5.41 Å². The van der Waals surface area contributed by atoms with Crippen molar-refractivity contribution in [3.63, 3.8) is 0 Å². The molecule has 72 heavy (non-hydrogen) atoms. The Morgan fingerprint density at radius 2 is 0.917 bits per heavy atom. The maximum atomic E-state index is 6.36. The summed E-state index contributed by atoms with van der Waals surface area (Å²) in [6.45, 7) is 4.73. The Balaban J connectivity index is 0.744. The van der Waals surface area contributed by atoms with Crippen LogP contribution in [0.5, 0.6) is 0 Å². The number of allylic oxidation sites excluding steroid dienone is 4. The first-order chi connectivity index (χ1) is 35.4. The van der Waals surface area contributed by atoms with Crippen LogP contribution in [0.15, 0.2) is 241 Å². The van der Waals surface area contributed by atoms with Crippen LogP contribution in [0.2, 0.25) is 0 Å².